The van der Waals surface area contributed by atoms with E-state index in [0.717, 1.165) is 38.1 Å². The Hall–Kier alpha value is -3.17. The molecule has 3 heterocycles. The molecule has 0 fully saturated rings. The number of ether oxygens (including phenoxy) is 1. The van der Waals surface area contributed by atoms with E-state index >= 15 is 0 Å². The number of benzene rings is 2. The number of hydrogen-bond donors (Lipinski definition) is 1. The summed E-state index contributed by atoms with van der Waals surface area (Å²) in [5, 5.41) is 14.1. The second kappa shape index (κ2) is 8.07. The Morgan fingerprint density at radius 1 is 1.12 bits per heavy atom. The van der Waals surface area contributed by atoms with Crippen LogP contribution < -0.4 is 10.1 Å². The van der Waals surface area contributed by atoms with Crippen molar-refractivity contribution in [3.05, 3.63) is 53.1 Å². The molecule has 162 valence electrons. The van der Waals surface area contributed by atoms with Crippen LogP contribution in [0.15, 0.2) is 41.6 Å². The van der Waals surface area contributed by atoms with Gasteiger partial charge in [-0.2, -0.15) is 0 Å². The van der Waals surface area contributed by atoms with Crippen LogP contribution in [0.2, 0.25) is 0 Å². The Balaban J connectivity index is 1.40. The number of aryl methyl sites for hydroxylation is 3. The molecule has 2 aromatic carbocycles. The van der Waals surface area contributed by atoms with Gasteiger partial charge in [0.15, 0.2) is 15.9 Å². The van der Waals surface area contributed by atoms with Crippen LogP contribution in [-0.4, -0.2) is 38.4 Å². The Morgan fingerprint density at radius 3 is 2.78 bits per heavy atom. The van der Waals surface area contributed by atoms with Crippen LogP contribution in [0.4, 0.5) is 5.13 Å². The molecule has 0 aliphatic rings. The smallest absolute Gasteiger partial charge is 0.236 e. The van der Waals surface area contributed by atoms with Gasteiger partial charge < -0.3 is 10.1 Å². The Kier molecular flexibility index (Phi) is 5.22. The Morgan fingerprint density at radius 2 is 1.97 bits per heavy atom. The Labute approximate surface area is 192 Å². The van der Waals surface area contributed by atoms with Gasteiger partial charge in [-0.05, 0) is 67.1 Å². The molecule has 0 atom stereocenters. The average Bonchev–Trinajstić information content (AvgIpc) is 3.38. The maximum absolute atomic E-state index is 12.6. The molecule has 0 saturated carbocycles. The SMILES string of the molecule is COc1ccc2nc(NC(=O)CSc3nnc4c(C)cc5ccc(C)c(C)c5n34)sc2c1. The lowest BCUT2D eigenvalue weighted by Crippen LogP contribution is -2.14. The topological polar surface area (TPSA) is 81.4 Å². The molecule has 1 N–H and O–H groups in total. The molecule has 3 aromatic heterocycles. The van der Waals surface area contributed by atoms with Crippen LogP contribution in [0.25, 0.3) is 26.8 Å². The lowest BCUT2D eigenvalue weighted by molar-refractivity contribution is -0.113. The number of pyridine rings is 1. The van der Waals surface area contributed by atoms with E-state index in [4.69, 9.17) is 4.74 Å². The predicted molar refractivity (Wildman–Crippen MR) is 130 cm³/mol. The van der Waals surface area contributed by atoms with Gasteiger partial charge in [0.1, 0.15) is 5.75 Å². The number of amides is 1. The number of nitrogens with one attached hydrogen (secondary N) is 1. The highest BCUT2D eigenvalue weighted by Crippen LogP contribution is 2.31. The van der Waals surface area contributed by atoms with Gasteiger partial charge in [-0.15, -0.1) is 10.2 Å². The van der Waals surface area contributed by atoms with Gasteiger partial charge in [0, 0.05) is 0 Å². The van der Waals surface area contributed by atoms with E-state index in [1.807, 2.05) is 25.1 Å². The number of fused-ring (bicyclic) bond motifs is 4. The van der Waals surface area contributed by atoms with Crippen molar-refractivity contribution in [2.45, 2.75) is 25.9 Å². The summed E-state index contributed by atoms with van der Waals surface area (Å²) in [7, 11) is 1.63. The van der Waals surface area contributed by atoms with Crippen molar-refractivity contribution in [2.75, 3.05) is 18.2 Å². The van der Waals surface area contributed by atoms with Gasteiger partial charge in [0.05, 0.1) is 28.6 Å². The fraction of sp³-hybridized carbons (Fsp3) is 0.217. The number of thioether (sulfide) groups is 1. The van der Waals surface area contributed by atoms with E-state index in [-0.39, 0.29) is 11.7 Å². The fourth-order valence-corrected chi connectivity index (χ4v) is 5.37. The van der Waals surface area contributed by atoms with E-state index in [1.165, 1.54) is 34.2 Å². The fourth-order valence-electron chi connectivity index (χ4n) is 3.72. The van der Waals surface area contributed by atoms with E-state index in [0.29, 0.717) is 10.3 Å². The molecular formula is C23H21N5O2S2. The van der Waals surface area contributed by atoms with Gasteiger partial charge in [-0.3, -0.25) is 9.20 Å². The second-order valence-electron chi connectivity index (χ2n) is 7.60. The maximum Gasteiger partial charge on any atom is 0.236 e. The molecule has 5 rings (SSSR count). The highest BCUT2D eigenvalue weighted by Gasteiger charge is 2.16. The molecule has 9 heteroatoms. The highest BCUT2D eigenvalue weighted by atomic mass is 32.2. The zero-order valence-corrected chi connectivity index (χ0v) is 19.7. The third-order valence-corrected chi connectivity index (χ3v) is 7.35. The number of rotatable bonds is 5. The number of carbonyl (C=O) groups is 1. The molecule has 7 nitrogen and oxygen atoms in total. The number of thiazole rings is 1. The highest BCUT2D eigenvalue weighted by molar-refractivity contribution is 7.99. The van der Waals surface area contributed by atoms with E-state index < -0.39 is 0 Å². The number of anilines is 1. The zero-order valence-electron chi connectivity index (χ0n) is 18.1. The van der Waals surface area contributed by atoms with Crippen molar-refractivity contribution >= 4 is 60.9 Å². The molecular weight excluding hydrogens is 442 g/mol. The quantitative estimate of drug-likeness (QED) is 0.363. The molecule has 0 bridgehead atoms. The van der Waals surface area contributed by atoms with Crippen LogP contribution in [0.3, 0.4) is 0 Å². The van der Waals surface area contributed by atoms with Crippen molar-refractivity contribution in [1.29, 1.82) is 0 Å². The third kappa shape index (κ3) is 3.57. The molecule has 32 heavy (non-hydrogen) atoms. The average molecular weight is 464 g/mol. The molecule has 0 spiro atoms. The van der Waals surface area contributed by atoms with E-state index in [9.17, 15) is 4.79 Å². The van der Waals surface area contributed by atoms with Crippen LogP contribution in [0, 0.1) is 20.8 Å². The van der Waals surface area contributed by atoms with Crippen molar-refractivity contribution in [2.24, 2.45) is 0 Å². The summed E-state index contributed by atoms with van der Waals surface area (Å²) in [5.41, 5.74) is 6.17. The maximum atomic E-state index is 12.6. The summed E-state index contributed by atoms with van der Waals surface area (Å²) in [4.78, 5) is 17.1. The summed E-state index contributed by atoms with van der Waals surface area (Å²) in [6, 6.07) is 12.0. The largest absolute Gasteiger partial charge is 0.497 e. The van der Waals surface area contributed by atoms with Gasteiger partial charge in [-0.25, -0.2) is 4.98 Å². The minimum atomic E-state index is -0.136. The van der Waals surface area contributed by atoms with Gasteiger partial charge >= 0.3 is 0 Å². The number of carbonyl (C=O) groups excluding carboxylic acids is 1. The molecule has 0 radical (unpaired) electrons. The number of nitrogens with zero attached hydrogens (tertiary/aromatic N) is 4. The molecule has 0 aliphatic carbocycles. The van der Waals surface area contributed by atoms with Crippen molar-refractivity contribution in [3.8, 4) is 5.75 Å². The summed E-state index contributed by atoms with van der Waals surface area (Å²) in [6.07, 6.45) is 0. The standard InChI is InChI=1S/C23H21N5O2S2/c1-12-5-6-15-9-13(2)21-26-27-23(28(21)20(15)14(12)3)31-11-19(29)25-22-24-17-8-7-16(30-4)10-18(17)32-22/h5-10H,11H2,1-4H3,(H,24,25,29). The summed E-state index contributed by atoms with van der Waals surface area (Å²) >= 11 is 2.79. The van der Waals surface area contributed by atoms with E-state index in [1.54, 1.807) is 7.11 Å². The first-order valence-electron chi connectivity index (χ1n) is 10.1. The summed E-state index contributed by atoms with van der Waals surface area (Å²) in [6.45, 7) is 6.23. The third-order valence-electron chi connectivity index (χ3n) is 5.49. The first kappa shape index (κ1) is 20.7. The monoisotopic (exact) mass is 463 g/mol. The van der Waals surface area contributed by atoms with Crippen molar-refractivity contribution in [1.82, 2.24) is 19.6 Å². The number of aromatic nitrogens is 4. The van der Waals surface area contributed by atoms with E-state index in [2.05, 4.69) is 56.9 Å². The Bertz CT molecular complexity index is 1510. The molecule has 1 amide bonds. The first-order chi connectivity index (χ1) is 15.4. The minimum Gasteiger partial charge on any atom is -0.497 e. The first-order valence-corrected chi connectivity index (χ1v) is 11.9. The normalized spacial score (nSPS) is 11.5. The van der Waals surface area contributed by atoms with Gasteiger partial charge in [-0.1, -0.05) is 35.2 Å². The van der Waals surface area contributed by atoms with Crippen LogP contribution in [-0.2, 0) is 4.79 Å². The van der Waals surface area contributed by atoms with Crippen molar-refractivity contribution < 1.29 is 9.53 Å². The van der Waals surface area contributed by atoms with Gasteiger partial charge in [0.2, 0.25) is 5.91 Å². The minimum absolute atomic E-state index is 0.136. The lowest BCUT2D eigenvalue weighted by atomic mass is 10.0. The summed E-state index contributed by atoms with van der Waals surface area (Å²) in [5.74, 6) is 0.837. The van der Waals surface area contributed by atoms with Crippen molar-refractivity contribution in [3.63, 3.8) is 0 Å². The molecule has 0 unspecified atom stereocenters. The zero-order chi connectivity index (χ0) is 22.4. The van der Waals surface area contributed by atoms with Crippen LogP contribution in [0.5, 0.6) is 5.75 Å². The van der Waals surface area contributed by atoms with Crippen LogP contribution >= 0.6 is 23.1 Å². The number of hydrogen-bond acceptors (Lipinski definition) is 7. The molecule has 0 saturated heterocycles. The predicted octanol–water partition coefficient (Wildman–Crippen LogP) is 5.16. The summed E-state index contributed by atoms with van der Waals surface area (Å²) < 4.78 is 8.28. The molecule has 0 aliphatic heterocycles. The molecule has 5 aromatic rings. The second-order valence-corrected chi connectivity index (χ2v) is 9.58. The number of methoxy groups -OCH3 is 1. The van der Waals surface area contributed by atoms with Crippen LogP contribution in [0.1, 0.15) is 16.7 Å². The van der Waals surface area contributed by atoms with Gasteiger partial charge in [0.25, 0.3) is 0 Å². The lowest BCUT2D eigenvalue weighted by Gasteiger charge is -2.11.